The van der Waals surface area contributed by atoms with Gasteiger partial charge < -0.3 is 25.0 Å². The molecule has 12 nitrogen and oxygen atoms in total. The molecular weight excluding hydrogens is 509 g/mol. The highest BCUT2D eigenvalue weighted by Gasteiger charge is 2.48. The molecule has 1 saturated heterocycles. The zero-order chi connectivity index (χ0) is 26.6. The number of halogens is 3. The number of aliphatic hydroxyl groups excluding tert-OH is 3. The fraction of sp³-hybridized carbons (Fsp3) is 0.261. The first-order chi connectivity index (χ1) is 18.4. The summed E-state index contributed by atoms with van der Waals surface area (Å²) in [5.74, 6) is -4.27. The standard InChI is InChI=1S/C23H19F3N8O4/c24-12-3-10(4-13(25)18(12)26)16-6-34(32-30-16)19-20(36)17(7-35)38-22(21(19)37)23-31-29-9-33(23)11-1-2-14-15(5-11)28-8-27-14/h1-6,8-9,17,19-22,35-37H,7H2,(H,27,28)/t17-,19+,20+,21-,22-/m1/s1. The summed E-state index contributed by atoms with van der Waals surface area (Å²) in [4.78, 5) is 7.19. The Bertz CT molecular complexity index is 1600. The first-order valence-electron chi connectivity index (χ1n) is 11.4. The fourth-order valence-electron chi connectivity index (χ4n) is 4.60. The molecule has 0 radical (unpaired) electrons. The van der Waals surface area contributed by atoms with Crippen LogP contribution in [-0.4, -0.2) is 80.0 Å². The summed E-state index contributed by atoms with van der Waals surface area (Å²) in [6, 6.07) is 5.63. The van der Waals surface area contributed by atoms with Gasteiger partial charge in [0.15, 0.2) is 23.3 Å². The number of hydrogen-bond donors (Lipinski definition) is 4. The van der Waals surface area contributed by atoms with E-state index in [2.05, 4.69) is 30.5 Å². The van der Waals surface area contributed by atoms with Crippen LogP contribution in [0.2, 0.25) is 0 Å². The molecule has 5 atom stereocenters. The Morgan fingerprint density at radius 2 is 1.82 bits per heavy atom. The lowest BCUT2D eigenvalue weighted by atomic mass is 9.92. The summed E-state index contributed by atoms with van der Waals surface area (Å²) >= 11 is 0. The second kappa shape index (κ2) is 9.29. The summed E-state index contributed by atoms with van der Waals surface area (Å²) in [7, 11) is 0. The van der Waals surface area contributed by atoms with E-state index in [0.717, 1.165) is 27.8 Å². The Kier molecular flexibility index (Phi) is 5.91. The number of rotatable bonds is 5. The molecule has 0 spiro atoms. The van der Waals surface area contributed by atoms with Crippen molar-refractivity contribution >= 4 is 11.0 Å². The predicted molar refractivity (Wildman–Crippen MR) is 122 cm³/mol. The van der Waals surface area contributed by atoms with Crippen LogP contribution in [0.15, 0.2) is 49.2 Å². The minimum Gasteiger partial charge on any atom is -0.394 e. The molecule has 3 aromatic heterocycles. The van der Waals surface area contributed by atoms with Crippen LogP contribution in [0.5, 0.6) is 0 Å². The van der Waals surface area contributed by atoms with Gasteiger partial charge in [0.05, 0.1) is 35.9 Å². The number of fused-ring (bicyclic) bond motifs is 1. The Hall–Kier alpha value is -4.18. The van der Waals surface area contributed by atoms with E-state index in [1.165, 1.54) is 12.5 Å². The first-order valence-corrected chi connectivity index (χ1v) is 11.4. The molecule has 4 heterocycles. The summed E-state index contributed by atoms with van der Waals surface area (Å²) in [6.07, 6.45) is -1.09. The molecule has 2 aromatic carbocycles. The fourth-order valence-corrected chi connectivity index (χ4v) is 4.60. The zero-order valence-electron chi connectivity index (χ0n) is 19.2. The quantitative estimate of drug-likeness (QED) is 0.246. The van der Waals surface area contributed by atoms with Gasteiger partial charge in [0, 0.05) is 5.56 Å². The van der Waals surface area contributed by atoms with Gasteiger partial charge in [0.1, 0.15) is 42.5 Å². The van der Waals surface area contributed by atoms with Gasteiger partial charge in [-0.25, -0.2) is 22.8 Å². The highest BCUT2D eigenvalue weighted by Crippen LogP contribution is 2.38. The van der Waals surface area contributed by atoms with Gasteiger partial charge in [0.25, 0.3) is 0 Å². The van der Waals surface area contributed by atoms with E-state index < -0.39 is 54.5 Å². The monoisotopic (exact) mass is 528 g/mol. The van der Waals surface area contributed by atoms with E-state index in [9.17, 15) is 28.5 Å². The number of imidazole rings is 1. The number of aliphatic hydroxyl groups is 3. The number of hydrogen-bond acceptors (Lipinski definition) is 9. The van der Waals surface area contributed by atoms with E-state index in [-0.39, 0.29) is 17.1 Å². The minimum atomic E-state index is -1.62. The number of benzene rings is 2. The average molecular weight is 528 g/mol. The summed E-state index contributed by atoms with van der Waals surface area (Å²) in [6.45, 7) is -0.606. The number of H-pyrrole nitrogens is 1. The highest BCUT2D eigenvalue weighted by atomic mass is 19.2. The van der Waals surface area contributed by atoms with Crippen molar-refractivity contribution in [1.82, 2.24) is 39.7 Å². The third kappa shape index (κ3) is 3.92. The maximum Gasteiger partial charge on any atom is 0.194 e. The van der Waals surface area contributed by atoms with Gasteiger partial charge in [-0.3, -0.25) is 4.57 Å². The van der Waals surface area contributed by atoms with Gasteiger partial charge in [-0.2, -0.15) is 0 Å². The summed E-state index contributed by atoms with van der Waals surface area (Å²) in [5.41, 5.74) is 1.97. The predicted octanol–water partition coefficient (Wildman–Crippen LogP) is 1.21. The van der Waals surface area contributed by atoms with Gasteiger partial charge in [-0.15, -0.1) is 15.3 Å². The van der Waals surface area contributed by atoms with Crippen molar-refractivity contribution in [3.8, 4) is 16.9 Å². The van der Waals surface area contributed by atoms with Crippen molar-refractivity contribution in [3.05, 3.63) is 72.5 Å². The van der Waals surface area contributed by atoms with Crippen LogP contribution in [0.4, 0.5) is 13.2 Å². The molecule has 4 N–H and O–H groups in total. The third-order valence-electron chi connectivity index (χ3n) is 6.50. The van der Waals surface area contributed by atoms with Gasteiger partial charge in [-0.05, 0) is 30.3 Å². The molecule has 5 aromatic rings. The molecule has 1 aliphatic rings. The van der Waals surface area contributed by atoms with E-state index in [1.807, 2.05) is 0 Å². The number of aromatic amines is 1. The largest absolute Gasteiger partial charge is 0.394 e. The molecule has 0 bridgehead atoms. The minimum absolute atomic E-state index is 0.0400. The number of nitrogens with one attached hydrogen (secondary N) is 1. The number of aromatic nitrogens is 8. The van der Waals surface area contributed by atoms with Crippen LogP contribution in [0.3, 0.4) is 0 Å². The van der Waals surface area contributed by atoms with Crippen molar-refractivity contribution in [2.24, 2.45) is 0 Å². The molecule has 1 aliphatic heterocycles. The lowest BCUT2D eigenvalue weighted by Crippen LogP contribution is -2.53. The van der Waals surface area contributed by atoms with Crippen LogP contribution in [0.1, 0.15) is 18.0 Å². The van der Waals surface area contributed by atoms with Crippen LogP contribution in [-0.2, 0) is 4.74 Å². The lowest BCUT2D eigenvalue weighted by Gasteiger charge is -2.41. The van der Waals surface area contributed by atoms with Crippen molar-refractivity contribution in [2.75, 3.05) is 6.61 Å². The molecule has 0 aliphatic carbocycles. The second-order valence-electron chi connectivity index (χ2n) is 8.75. The first kappa shape index (κ1) is 24.2. The molecule has 0 saturated carbocycles. The maximum atomic E-state index is 13.7. The number of nitrogens with zero attached hydrogens (tertiary/aromatic N) is 7. The van der Waals surface area contributed by atoms with E-state index in [1.54, 1.807) is 29.1 Å². The summed E-state index contributed by atoms with van der Waals surface area (Å²) < 4.78 is 49.4. The molecule has 0 amide bonds. The highest BCUT2D eigenvalue weighted by molar-refractivity contribution is 5.76. The van der Waals surface area contributed by atoms with Crippen molar-refractivity contribution in [1.29, 1.82) is 0 Å². The van der Waals surface area contributed by atoms with Crippen LogP contribution >= 0.6 is 0 Å². The van der Waals surface area contributed by atoms with Crippen molar-refractivity contribution in [2.45, 2.75) is 30.5 Å². The molecule has 1 fully saturated rings. The summed E-state index contributed by atoms with van der Waals surface area (Å²) in [5, 5.41) is 47.9. The van der Waals surface area contributed by atoms with Crippen molar-refractivity contribution < 1.29 is 33.2 Å². The van der Waals surface area contributed by atoms with Gasteiger partial charge in [-0.1, -0.05) is 5.21 Å². The molecular formula is C23H19F3N8O4. The number of ether oxygens (including phenoxy) is 1. The third-order valence-corrected chi connectivity index (χ3v) is 6.50. The molecule has 6 rings (SSSR count). The van der Waals surface area contributed by atoms with Crippen LogP contribution in [0.25, 0.3) is 28.0 Å². The van der Waals surface area contributed by atoms with Crippen LogP contribution in [0, 0.1) is 17.5 Å². The molecule has 15 heteroatoms. The SMILES string of the molecule is OC[C@H]1O[C@@H](c2nncn2-c2ccc3nc[nH]c3c2)[C@H](O)[C@@H](n2cc(-c3cc(F)c(F)c(F)c3)nn2)[C@H]1O. The van der Waals surface area contributed by atoms with Crippen molar-refractivity contribution in [3.63, 3.8) is 0 Å². The smallest absolute Gasteiger partial charge is 0.194 e. The topological polar surface area (TPSA) is 160 Å². The zero-order valence-corrected chi connectivity index (χ0v) is 19.2. The van der Waals surface area contributed by atoms with E-state index in [4.69, 9.17) is 4.74 Å². The normalized spacial score (nSPS) is 23.8. The van der Waals surface area contributed by atoms with E-state index in [0.29, 0.717) is 5.69 Å². The Morgan fingerprint density at radius 3 is 2.58 bits per heavy atom. The Morgan fingerprint density at radius 1 is 1.03 bits per heavy atom. The molecule has 196 valence electrons. The Labute approximate surface area is 211 Å². The van der Waals surface area contributed by atoms with E-state index >= 15 is 0 Å². The molecule has 38 heavy (non-hydrogen) atoms. The second-order valence-corrected chi connectivity index (χ2v) is 8.75. The van der Waals surface area contributed by atoms with Gasteiger partial charge in [0.2, 0.25) is 0 Å². The van der Waals surface area contributed by atoms with Crippen LogP contribution < -0.4 is 0 Å². The lowest BCUT2D eigenvalue weighted by molar-refractivity contribution is -0.210. The van der Waals surface area contributed by atoms with Gasteiger partial charge >= 0.3 is 0 Å². The molecule has 0 unspecified atom stereocenters. The average Bonchev–Trinajstić information content (AvgIpc) is 3.68. The maximum absolute atomic E-state index is 13.7. The Balaban J connectivity index is 1.36.